The van der Waals surface area contributed by atoms with Gasteiger partial charge in [0, 0.05) is 74.6 Å². The predicted molar refractivity (Wildman–Crippen MR) is 132 cm³/mol. The number of anilines is 2. The molecule has 2 aliphatic rings. The van der Waals surface area contributed by atoms with E-state index in [1.165, 1.54) is 6.07 Å². The summed E-state index contributed by atoms with van der Waals surface area (Å²) < 4.78 is 31.9. The Morgan fingerprint density at radius 1 is 1.14 bits per heavy atom. The van der Waals surface area contributed by atoms with Crippen LogP contribution in [0.3, 0.4) is 0 Å². The van der Waals surface area contributed by atoms with E-state index >= 15 is 4.39 Å². The normalized spacial score (nSPS) is 20.5. The van der Waals surface area contributed by atoms with Gasteiger partial charge < -0.3 is 20.1 Å². The van der Waals surface area contributed by atoms with Gasteiger partial charge in [0.1, 0.15) is 5.65 Å². The van der Waals surface area contributed by atoms with E-state index in [0.29, 0.717) is 28.2 Å². The summed E-state index contributed by atoms with van der Waals surface area (Å²) in [5, 5.41) is 8.14. The molecule has 0 bridgehead atoms. The summed E-state index contributed by atoms with van der Waals surface area (Å²) in [5.41, 5.74) is 4.78. The lowest BCUT2D eigenvalue weighted by molar-refractivity contribution is 0.386. The highest BCUT2D eigenvalue weighted by Crippen LogP contribution is 2.46. The van der Waals surface area contributed by atoms with Gasteiger partial charge in [-0.1, -0.05) is 0 Å². The molecule has 1 aromatic carbocycles. The molecule has 10 heteroatoms. The van der Waals surface area contributed by atoms with Crippen LogP contribution in [0.15, 0.2) is 36.9 Å². The van der Waals surface area contributed by atoms with E-state index in [1.54, 1.807) is 30.2 Å². The zero-order valence-electron chi connectivity index (χ0n) is 19.4. The topological polar surface area (TPSA) is 77.4 Å². The molecule has 8 nitrogen and oxygen atoms in total. The van der Waals surface area contributed by atoms with Crippen molar-refractivity contribution in [3.8, 4) is 11.1 Å². The minimum atomic E-state index is -0.890. The van der Waals surface area contributed by atoms with Gasteiger partial charge in [0.15, 0.2) is 17.3 Å². The molecule has 2 aliphatic heterocycles. The number of pyridine rings is 1. The van der Waals surface area contributed by atoms with Crippen LogP contribution in [0.4, 0.5) is 20.2 Å². The third-order valence-electron chi connectivity index (χ3n) is 7.61. The minimum Gasteiger partial charge on any atom is -0.386 e. The molecule has 6 heterocycles. The summed E-state index contributed by atoms with van der Waals surface area (Å²) in [6.45, 7) is 2.80. The molecule has 7 rings (SSSR count). The molecule has 0 aliphatic carbocycles. The summed E-state index contributed by atoms with van der Waals surface area (Å²) >= 11 is 0. The average molecular weight is 475 g/mol. The first-order valence-electron chi connectivity index (χ1n) is 11.8. The first-order valence-corrected chi connectivity index (χ1v) is 11.8. The Hall–Kier alpha value is -3.79. The Balaban J connectivity index is 1.58. The second-order valence-electron chi connectivity index (χ2n) is 9.60. The highest BCUT2D eigenvalue weighted by molar-refractivity contribution is 6.18. The number of halogens is 2. The first-order chi connectivity index (χ1) is 17.0. The zero-order chi connectivity index (χ0) is 23.8. The first kappa shape index (κ1) is 20.6. The van der Waals surface area contributed by atoms with Gasteiger partial charge in [-0.05, 0) is 19.4 Å². The molecule has 0 amide bonds. The maximum atomic E-state index is 15.5. The molecular weight excluding hydrogens is 450 g/mol. The molecule has 2 N–H and O–H groups in total. The summed E-state index contributed by atoms with van der Waals surface area (Å²) in [6.07, 6.45) is 8.26. The molecule has 2 fully saturated rings. The van der Waals surface area contributed by atoms with Gasteiger partial charge in [-0.25, -0.2) is 23.3 Å². The molecule has 5 aromatic rings. The van der Waals surface area contributed by atoms with Crippen molar-refractivity contribution < 1.29 is 8.78 Å². The number of nitrogens with zero attached hydrogens (tertiary/aromatic N) is 6. The molecule has 178 valence electrons. The number of aromatic amines is 1. The smallest absolute Gasteiger partial charge is 0.169 e. The largest absolute Gasteiger partial charge is 0.386 e. The van der Waals surface area contributed by atoms with E-state index in [1.807, 2.05) is 12.3 Å². The summed E-state index contributed by atoms with van der Waals surface area (Å²) in [7, 11) is 3.83. The molecular formula is C25H24F2N8. The quantitative estimate of drug-likeness (QED) is 0.413. The SMILES string of the molecule is CNc1cc(F)c(F)c2c1[nH]c1ncc(-c3cnc4ccnn4c3)c(N3CCC4CN(C)CC43)c12. The molecule has 0 saturated carbocycles. The van der Waals surface area contributed by atoms with Gasteiger partial charge in [-0.2, -0.15) is 5.10 Å². The predicted octanol–water partition coefficient (Wildman–Crippen LogP) is 3.89. The van der Waals surface area contributed by atoms with Crippen molar-refractivity contribution in [1.82, 2.24) is 29.5 Å². The fourth-order valence-electron chi connectivity index (χ4n) is 6.05. The van der Waals surface area contributed by atoms with Gasteiger partial charge in [0.05, 0.1) is 33.9 Å². The third-order valence-corrected chi connectivity index (χ3v) is 7.61. The second kappa shape index (κ2) is 7.35. The van der Waals surface area contributed by atoms with Gasteiger partial charge in [0.25, 0.3) is 0 Å². The van der Waals surface area contributed by atoms with E-state index in [9.17, 15) is 4.39 Å². The average Bonchev–Trinajstić information content (AvgIpc) is 3.62. The lowest BCUT2D eigenvalue weighted by Crippen LogP contribution is -2.35. The van der Waals surface area contributed by atoms with E-state index in [2.05, 4.69) is 42.2 Å². The van der Waals surface area contributed by atoms with Gasteiger partial charge >= 0.3 is 0 Å². The van der Waals surface area contributed by atoms with E-state index in [0.717, 1.165) is 48.5 Å². The van der Waals surface area contributed by atoms with Crippen molar-refractivity contribution in [3.63, 3.8) is 0 Å². The van der Waals surface area contributed by atoms with Gasteiger partial charge in [0.2, 0.25) is 0 Å². The van der Waals surface area contributed by atoms with Crippen molar-refractivity contribution in [2.45, 2.75) is 12.5 Å². The number of rotatable bonds is 3. The van der Waals surface area contributed by atoms with Crippen LogP contribution in [0, 0.1) is 17.6 Å². The number of hydrogen-bond acceptors (Lipinski definition) is 6. The number of fused-ring (bicyclic) bond motifs is 5. The van der Waals surface area contributed by atoms with Gasteiger partial charge in [-0.15, -0.1) is 0 Å². The molecule has 2 saturated heterocycles. The number of H-pyrrole nitrogens is 1. The fraction of sp³-hybridized carbons (Fsp3) is 0.320. The lowest BCUT2D eigenvalue weighted by Gasteiger charge is -2.29. The van der Waals surface area contributed by atoms with Crippen molar-refractivity contribution in [2.24, 2.45) is 5.92 Å². The maximum absolute atomic E-state index is 15.5. The van der Waals surface area contributed by atoms with Crippen LogP contribution in [-0.4, -0.2) is 69.2 Å². The number of aromatic nitrogens is 5. The van der Waals surface area contributed by atoms with E-state index in [-0.39, 0.29) is 11.4 Å². The molecule has 0 spiro atoms. The Kier molecular flexibility index (Phi) is 4.32. The van der Waals surface area contributed by atoms with Crippen LogP contribution in [0.2, 0.25) is 0 Å². The standard InChI is InChI=1S/C25H24F2N8/c1-28-17-7-16(26)22(27)20-21-24(34-6-4-13-10-33(2)12-18(13)34)15(9-30-25(21)32-23(17)20)14-8-29-19-3-5-31-35(19)11-14/h3,5,7-9,11,13,18,28H,4,6,10,12H2,1-2H3,(H,30,32). The Morgan fingerprint density at radius 3 is 2.89 bits per heavy atom. The Morgan fingerprint density at radius 2 is 2.03 bits per heavy atom. The van der Waals surface area contributed by atoms with Crippen molar-refractivity contribution in [2.75, 3.05) is 43.9 Å². The number of likely N-dealkylation sites (N-methyl/N-ethyl adjacent to an activating group) is 1. The third kappa shape index (κ3) is 2.89. The second-order valence-corrected chi connectivity index (χ2v) is 9.60. The number of hydrogen-bond donors (Lipinski definition) is 2. The van der Waals surface area contributed by atoms with Crippen LogP contribution >= 0.6 is 0 Å². The van der Waals surface area contributed by atoms with Crippen LogP contribution < -0.4 is 10.2 Å². The summed E-state index contributed by atoms with van der Waals surface area (Å²) in [4.78, 5) is 17.2. The maximum Gasteiger partial charge on any atom is 0.169 e. The van der Waals surface area contributed by atoms with E-state index < -0.39 is 11.6 Å². The molecule has 4 aromatic heterocycles. The Bertz CT molecular complexity index is 1620. The highest BCUT2D eigenvalue weighted by Gasteiger charge is 2.42. The molecule has 35 heavy (non-hydrogen) atoms. The molecule has 0 radical (unpaired) electrons. The lowest BCUT2D eigenvalue weighted by atomic mass is 10.0. The van der Waals surface area contributed by atoms with Crippen LogP contribution in [0.1, 0.15) is 6.42 Å². The molecule has 2 atom stereocenters. The van der Waals surface area contributed by atoms with Crippen molar-refractivity contribution in [3.05, 3.63) is 48.6 Å². The van der Waals surface area contributed by atoms with Gasteiger partial charge in [-0.3, -0.25) is 0 Å². The zero-order valence-corrected chi connectivity index (χ0v) is 19.4. The van der Waals surface area contributed by atoms with Crippen molar-refractivity contribution in [1.29, 1.82) is 0 Å². The highest BCUT2D eigenvalue weighted by atomic mass is 19.2. The van der Waals surface area contributed by atoms with Crippen molar-refractivity contribution >= 4 is 39.0 Å². The minimum absolute atomic E-state index is 0.219. The number of likely N-dealkylation sites (tertiary alicyclic amines) is 1. The number of benzene rings is 1. The summed E-state index contributed by atoms with van der Waals surface area (Å²) in [5.74, 6) is -1.23. The summed E-state index contributed by atoms with van der Waals surface area (Å²) in [6, 6.07) is 3.31. The monoisotopic (exact) mass is 474 g/mol. The number of nitrogens with one attached hydrogen (secondary N) is 2. The Labute approximate surface area is 199 Å². The van der Waals surface area contributed by atoms with Crippen LogP contribution in [0.5, 0.6) is 0 Å². The van der Waals surface area contributed by atoms with Crippen LogP contribution in [-0.2, 0) is 0 Å². The van der Waals surface area contributed by atoms with E-state index in [4.69, 9.17) is 0 Å². The fourth-order valence-corrected chi connectivity index (χ4v) is 6.05. The molecule has 2 unspecified atom stereocenters. The van der Waals surface area contributed by atoms with Crippen LogP contribution in [0.25, 0.3) is 38.7 Å².